The summed E-state index contributed by atoms with van der Waals surface area (Å²) in [6, 6.07) is 0. The van der Waals surface area contributed by atoms with Crippen LogP contribution >= 0.6 is 0 Å². The number of carbonyl (C=O) groups is 1. The molecule has 0 unspecified atom stereocenters. The lowest BCUT2D eigenvalue weighted by atomic mass is 10.4. The molecule has 1 heterocycles. The SMILES string of the molecule is CCOC(=O)NCCc1ncc[nH]1. The predicted octanol–water partition coefficient (Wildman–Crippen LogP) is 0.698. The zero-order valence-corrected chi connectivity index (χ0v) is 7.54. The zero-order chi connectivity index (χ0) is 9.52. The summed E-state index contributed by atoms with van der Waals surface area (Å²) < 4.78 is 4.68. The molecule has 1 aromatic heterocycles. The molecule has 0 saturated heterocycles. The number of amides is 1. The lowest BCUT2D eigenvalue weighted by molar-refractivity contribution is 0.152. The minimum absolute atomic E-state index is 0.381. The first-order valence-corrected chi connectivity index (χ1v) is 4.21. The van der Waals surface area contributed by atoms with Crippen molar-refractivity contribution in [3.05, 3.63) is 18.2 Å². The third-order valence-electron chi connectivity index (χ3n) is 1.46. The Hall–Kier alpha value is -1.52. The van der Waals surface area contributed by atoms with Crippen molar-refractivity contribution in [2.24, 2.45) is 0 Å². The summed E-state index contributed by atoms with van der Waals surface area (Å²) in [7, 11) is 0. The number of H-pyrrole nitrogens is 1. The van der Waals surface area contributed by atoms with Crippen molar-refractivity contribution in [3.8, 4) is 0 Å². The second-order valence-corrected chi connectivity index (χ2v) is 2.43. The van der Waals surface area contributed by atoms with Crippen LogP contribution in [-0.2, 0) is 11.2 Å². The van der Waals surface area contributed by atoms with Gasteiger partial charge in [-0.05, 0) is 6.92 Å². The van der Waals surface area contributed by atoms with Crippen LogP contribution in [0.15, 0.2) is 12.4 Å². The van der Waals surface area contributed by atoms with Crippen LogP contribution in [0, 0.1) is 0 Å². The van der Waals surface area contributed by atoms with E-state index in [2.05, 4.69) is 20.0 Å². The first kappa shape index (κ1) is 9.57. The van der Waals surface area contributed by atoms with Crippen LogP contribution in [-0.4, -0.2) is 29.2 Å². The molecule has 1 amide bonds. The average Bonchev–Trinajstić information content (AvgIpc) is 2.57. The second-order valence-electron chi connectivity index (χ2n) is 2.43. The highest BCUT2D eigenvalue weighted by molar-refractivity contribution is 5.66. The number of nitrogens with zero attached hydrogens (tertiary/aromatic N) is 1. The van der Waals surface area contributed by atoms with Gasteiger partial charge in [0.05, 0.1) is 6.61 Å². The van der Waals surface area contributed by atoms with Gasteiger partial charge in [0.1, 0.15) is 5.82 Å². The normalized spacial score (nSPS) is 9.62. The van der Waals surface area contributed by atoms with Gasteiger partial charge in [-0.2, -0.15) is 0 Å². The molecule has 0 radical (unpaired) electrons. The second kappa shape index (κ2) is 5.18. The highest BCUT2D eigenvalue weighted by atomic mass is 16.5. The van der Waals surface area contributed by atoms with E-state index < -0.39 is 0 Å². The summed E-state index contributed by atoms with van der Waals surface area (Å²) >= 11 is 0. The monoisotopic (exact) mass is 183 g/mol. The van der Waals surface area contributed by atoms with E-state index in [1.54, 1.807) is 19.3 Å². The largest absolute Gasteiger partial charge is 0.450 e. The van der Waals surface area contributed by atoms with Crippen molar-refractivity contribution in [1.29, 1.82) is 0 Å². The number of nitrogens with one attached hydrogen (secondary N) is 2. The Morgan fingerprint density at radius 2 is 2.62 bits per heavy atom. The Morgan fingerprint density at radius 3 is 3.23 bits per heavy atom. The molecule has 13 heavy (non-hydrogen) atoms. The Labute approximate surface area is 76.5 Å². The van der Waals surface area contributed by atoms with Gasteiger partial charge in [-0.15, -0.1) is 0 Å². The molecule has 0 spiro atoms. The quantitative estimate of drug-likeness (QED) is 0.722. The smallest absolute Gasteiger partial charge is 0.407 e. The van der Waals surface area contributed by atoms with E-state index in [-0.39, 0.29) is 6.09 Å². The van der Waals surface area contributed by atoms with E-state index in [0.717, 1.165) is 5.82 Å². The molecule has 72 valence electrons. The molecule has 0 atom stereocenters. The number of hydrogen-bond donors (Lipinski definition) is 2. The topological polar surface area (TPSA) is 67.0 Å². The van der Waals surface area contributed by atoms with Crippen molar-refractivity contribution >= 4 is 6.09 Å². The minimum Gasteiger partial charge on any atom is -0.450 e. The molecular formula is C8H13N3O2. The van der Waals surface area contributed by atoms with Gasteiger partial charge in [-0.25, -0.2) is 9.78 Å². The van der Waals surface area contributed by atoms with Gasteiger partial charge >= 0.3 is 6.09 Å². The van der Waals surface area contributed by atoms with Gasteiger partial charge in [-0.1, -0.05) is 0 Å². The lowest BCUT2D eigenvalue weighted by Crippen LogP contribution is -2.26. The maximum absolute atomic E-state index is 10.8. The molecule has 0 aliphatic heterocycles. The third kappa shape index (κ3) is 3.59. The number of imidazole rings is 1. The fraction of sp³-hybridized carbons (Fsp3) is 0.500. The molecule has 1 rings (SSSR count). The molecule has 5 nitrogen and oxygen atoms in total. The Morgan fingerprint density at radius 1 is 1.77 bits per heavy atom. The van der Waals surface area contributed by atoms with Crippen LogP contribution in [0.25, 0.3) is 0 Å². The summed E-state index contributed by atoms with van der Waals surface area (Å²) in [6.45, 7) is 2.70. The van der Waals surface area contributed by atoms with Gasteiger partial charge in [0, 0.05) is 25.4 Å². The van der Waals surface area contributed by atoms with E-state index in [9.17, 15) is 4.79 Å². The number of aromatic amines is 1. The standard InChI is InChI=1S/C8H13N3O2/c1-2-13-8(12)11-4-3-7-9-5-6-10-7/h5-6H,2-4H2,1H3,(H,9,10)(H,11,12). The summed E-state index contributed by atoms with van der Waals surface area (Å²) in [5, 5.41) is 2.60. The van der Waals surface area contributed by atoms with Crippen LogP contribution in [0.1, 0.15) is 12.7 Å². The van der Waals surface area contributed by atoms with Gasteiger partial charge in [0.25, 0.3) is 0 Å². The van der Waals surface area contributed by atoms with E-state index in [4.69, 9.17) is 0 Å². The first-order valence-electron chi connectivity index (χ1n) is 4.21. The van der Waals surface area contributed by atoms with Gasteiger partial charge in [-0.3, -0.25) is 0 Å². The molecular weight excluding hydrogens is 170 g/mol. The van der Waals surface area contributed by atoms with Gasteiger partial charge in [0.15, 0.2) is 0 Å². The fourth-order valence-electron chi connectivity index (χ4n) is 0.900. The van der Waals surface area contributed by atoms with Crippen LogP contribution < -0.4 is 5.32 Å². The molecule has 0 aromatic carbocycles. The van der Waals surface area contributed by atoms with E-state index in [1.165, 1.54) is 0 Å². The van der Waals surface area contributed by atoms with Crippen molar-refractivity contribution in [2.75, 3.05) is 13.2 Å². The summed E-state index contributed by atoms with van der Waals surface area (Å²) in [6.07, 6.45) is 3.74. The number of hydrogen-bond acceptors (Lipinski definition) is 3. The van der Waals surface area contributed by atoms with Crippen molar-refractivity contribution < 1.29 is 9.53 Å². The maximum atomic E-state index is 10.8. The molecule has 0 aliphatic rings. The van der Waals surface area contributed by atoms with Gasteiger partial charge < -0.3 is 15.0 Å². The van der Waals surface area contributed by atoms with Crippen LogP contribution in [0.4, 0.5) is 4.79 Å². The first-order chi connectivity index (χ1) is 6.33. The number of aromatic nitrogens is 2. The molecule has 0 aliphatic carbocycles. The molecule has 5 heteroatoms. The van der Waals surface area contributed by atoms with Crippen molar-refractivity contribution in [1.82, 2.24) is 15.3 Å². The van der Waals surface area contributed by atoms with Crippen LogP contribution in [0.5, 0.6) is 0 Å². The number of carbonyl (C=O) groups excluding carboxylic acids is 1. The minimum atomic E-state index is -0.381. The molecule has 0 fully saturated rings. The summed E-state index contributed by atoms with van der Waals surface area (Å²) in [5.41, 5.74) is 0. The highest BCUT2D eigenvalue weighted by Crippen LogP contribution is 1.88. The highest BCUT2D eigenvalue weighted by Gasteiger charge is 1.99. The summed E-state index contributed by atoms with van der Waals surface area (Å²) in [4.78, 5) is 17.8. The van der Waals surface area contributed by atoms with E-state index in [1.807, 2.05) is 0 Å². The fourth-order valence-corrected chi connectivity index (χ4v) is 0.900. The van der Waals surface area contributed by atoms with Crippen LogP contribution in [0.3, 0.4) is 0 Å². The average molecular weight is 183 g/mol. The van der Waals surface area contributed by atoms with Crippen molar-refractivity contribution in [3.63, 3.8) is 0 Å². The van der Waals surface area contributed by atoms with Crippen molar-refractivity contribution in [2.45, 2.75) is 13.3 Å². The molecule has 0 bridgehead atoms. The Bertz CT molecular complexity index is 246. The Balaban J connectivity index is 2.11. The van der Waals surface area contributed by atoms with Gasteiger partial charge in [0.2, 0.25) is 0 Å². The number of alkyl carbamates (subject to hydrolysis) is 1. The molecule has 1 aromatic rings. The summed E-state index contributed by atoms with van der Waals surface area (Å²) in [5.74, 6) is 0.858. The Kier molecular flexibility index (Phi) is 3.81. The predicted molar refractivity (Wildman–Crippen MR) is 47.3 cm³/mol. The van der Waals surface area contributed by atoms with E-state index >= 15 is 0 Å². The zero-order valence-electron chi connectivity index (χ0n) is 7.54. The molecule has 0 saturated carbocycles. The van der Waals surface area contributed by atoms with Crippen LogP contribution in [0.2, 0.25) is 0 Å². The number of ether oxygens (including phenoxy) is 1. The number of rotatable bonds is 4. The lowest BCUT2D eigenvalue weighted by Gasteiger charge is -2.02. The third-order valence-corrected chi connectivity index (χ3v) is 1.46. The maximum Gasteiger partial charge on any atom is 0.407 e. The van der Waals surface area contributed by atoms with E-state index in [0.29, 0.717) is 19.6 Å². The molecule has 2 N–H and O–H groups in total.